The van der Waals surface area contributed by atoms with Crippen LogP contribution in [0.25, 0.3) is 0 Å². The van der Waals surface area contributed by atoms with Crippen molar-refractivity contribution in [3.8, 4) is 0 Å². The molecule has 1 fully saturated rings. The summed E-state index contributed by atoms with van der Waals surface area (Å²) >= 11 is 0. The third-order valence-electron chi connectivity index (χ3n) is 4.45. The zero-order valence-electron chi connectivity index (χ0n) is 10.9. The molecule has 1 N–H and O–H groups in total. The van der Waals surface area contributed by atoms with Crippen LogP contribution in [-0.2, 0) is 5.41 Å². The second kappa shape index (κ2) is 4.02. The Balaban J connectivity index is 1.93. The molecule has 2 aliphatic rings. The van der Waals surface area contributed by atoms with Crippen LogP contribution in [0, 0.1) is 0 Å². The fraction of sp³-hybridized carbons (Fsp3) is 0.600. The molecule has 1 atom stereocenters. The smallest absolute Gasteiger partial charge is 0.0379 e. The van der Waals surface area contributed by atoms with E-state index in [1.807, 2.05) is 0 Å². The standard InChI is InChI=1S/C15H22N2/c1-12(2)17-9-5-8-15(11-17)10-16-14-7-4-3-6-13(14)15/h3-4,6-7,12,16H,5,8-11H2,1-2H3/t15-/m1/s1. The molecule has 2 heteroatoms. The zero-order valence-corrected chi connectivity index (χ0v) is 10.9. The fourth-order valence-electron chi connectivity index (χ4n) is 3.43. The number of benzene rings is 1. The highest BCUT2D eigenvalue weighted by Crippen LogP contribution is 2.42. The third-order valence-corrected chi connectivity index (χ3v) is 4.45. The number of para-hydroxylation sites is 1. The molecular weight excluding hydrogens is 208 g/mol. The van der Waals surface area contributed by atoms with E-state index in [2.05, 4.69) is 48.3 Å². The summed E-state index contributed by atoms with van der Waals surface area (Å²) in [5, 5.41) is 3.59. The number of nitrogens with zero attached hydrogens (tertiary/aromatic N) is 1. The molecule has 3 rings (SSSR count). The predicted octanol–water partition coefficient (Wildman–Crippen LogP) is 2.85. The Labute approximate surface area is 104 Å². The maximum Gasteiger partial charge on any atom is 0.0379 e. The highest BCUT2D eigenvalue weighted by atomic mass is 15.2. The average Bonchev–Trinajstić information content (AvgIpc) is 2.69. The van der Waals surface area contributed by atoms with E-state index in [0.29, 0.717) is 11.5 Å². The van der Waals surface area contributed by atoms with Gasteiger partial charge in [-0.05, 0) is 44.9 Å². The molecule has 0 unspecified atom stereocenters. The van der Waals surface area contributed by atoms with Gasteiger partial charge in [0.1, 0.15) is 0 Å². The Bertz CT molecular complexity index is 409. The van der Waals surface area contributed by atoms with E-state index in [1.165, 1.54) is 31.6 Å². The molecule has 0 saturated carbocycles. The van der Waals surface area contributed by atoms with Crippen LogP contribution in [0.1, 0.15) is 32.3 Å². The normalized spacial score (nSPS) is 28.4. The summed E-state index contributed by atoms with van der Waals surface area (Å²) < 4.78 is 0. The van der Waals surface area contributed by atoms with Crippen molar-refractivity contribution in [3.05, 3.63) is 29.8 Å². The third kappa shape index (κ3) is 1.75. The van der Waals surface area contributed by atoms with Gasteiger partial charge in [0.05, 0.1) is 0 Å². The number of hydrogen-bond acceptors (Lipinski definition) is 2. The molecule has 2 heterocycles. The first-order valence-corrected chi connectivity index (χ1v) is 6.79. The minimum absolute atomic E-state index is 0.374. The van der Waals surface area contributed by atoms with Crippen LogP contribution in [0.2, 0.25) is 0 Å². The molecule has 1 saturated heterocycles. The van der Waals surface area contributed by atoms with Crippen molar-refractivity contribution in [1.29, 1.82) is 0 Å². The Morgan fingerprint density at radius 3 is 2.94 bits per heavy atom. The van der Waals surface area contributed by atoms with E-state index in [-0.39, 0.29) is 0 Å². The lowest BCUT2D eigenvalue weighted by molar-refractivity contribution is 0.125. The topological polar surface area (TPSA) is 15.3 Å². The first-order chi connectivity index (χ1) is 8.21. The Kier molecular flexibility index (Phi) is 2.62. The summed E-state index contributed by atoms with van der Waals surface area (Å²) in [6, 6.07) is 9.52. The lowest BCUT2D eigenvalue weighted by Crippen LogP contribution is -2.49. The van der Waals surface area contributed by atoms with E-state index in [4.69, 9.17) is 0 Å². The number of rotatable bonds is 1. The lowest BCUT2D eigenvalue weighted by Gasteiger charge is -2.42. The molecule has 2 nitrogen and oxygen atoms in total. The summed E-state index contributed by atoms with van der Waals surface area (Å²) in [7, 11) is 0. The summed E-state index contributed by atoms with van der Waals surface area (Å²) in [5.41, 5.74) is 3.28. The molecular formula is C15H22N2. The van der Waals surface area contributed by atoms with Crippen LogP contribution < -0.4 is 5.32 Å². The van der Waals surface area contributed by atoms with Crippen molar-refractivity contribution in [3.63, 3.8) is 0 Å². The van der Waals surface area contributed by atoms with Crippen LogP contribution in [-0.4, -0.2) is 30.6 Å². The SMILES string of the molecule is CC(C)N1CCC[C@@]2(CNc3ccccc32)C1. The summed E-state index contributed by atoms with van der Waals surface area (Å²) in [4.78, 5) is 2.63. The van der Waals surface area contributed by atoms with Gasteiger partial charge in [-0.2, -0.15) is 0 Å². The summed E-state index contributed by atoms with van der Waals surface area (Å²) in [5.74, 6) is 0. The Morgan fingerprint density at radius 1 is 1.29 bits per heavy atom. The zero-order chi connectivity index (χ0) is 11.9. The second-order valence-electron chi connectivity index (χ2n) is 5.85. The van der Waals surface area contributed by atoms with Gasteiger partial charge in [0, 0.05) is 30.2 Å². The van der Waals surface area contributed by atoms with Crippen LogP contribution >= 0.6 is 0 Å². The monoisotopic (exact) mass is 230 g/mol. The number of nitrogens with one attached hydrogen (secondary N) is 1. The van der Waals surface area contributed by atoms with Gasteiger partial charge < -0.3 is 5.32 Å². The lowest BCUT2D eigenvalue weighted by atomic mass is 9.75. The maximum atomic E-state index is 3.59. The molecule has 0 radical (unpaired) electrons. The van der Waals surface area contributed by atoms with Gasteiger partial charge in [-0.25, -0.2) is 0 Å². The summed E-state index contributed by atoms with van der Waals surface area (Å²) in [6.45, 7) is 8.23. The maximum absolute atomic E-state index is 3.59. The van der Waals surface area contributed by atoms with E-state index >= 15 is 0 Å². The molecule has 0 bridgehead atoms. The average molecular weight is 230 g/mol. The van der Waals surface area contributed by atoms with E-state index in [1.54, 1.807) is 5.56 Å². The van der Waals surface area contributed by atoms with Gasteiger partial charge in [0.25, 0.3) is 0 Å². The van der Waals surface area contributed by atoms with Gasteiger partial charge in [-0.1, -0.05) is 18.2 Å². The number of hydrogen-bond donors (Lipinski definition) is 1. The molecule has 0 aliphatic carbocycles. The van der Waals surface area contributed by atoms with Gasteiger partial charge in [-0.3, -0.25) is 4.90 Å². The number of anilines is 1. The molecule has 1 aromatic rings. The van der Waals surface area contributed by atoms with Crippen molar-refractivity contribution in [2.75, 3.05) is 25.0 Å². The predicted molar refractivity (Wildman–Crippen MR) is 72.6 cm³/mol. The highest BCUT2D eigenvalue weighted by Gasteiger charge is 2.42. The van der Waals surface area contributed by atoms with Crippen molar-refractivity contribution >= 4 is 5.69 Å². The molecule has 92 valence electrons. The molecule has 0 aromatic heterocycles. The first-order valence-electron chi connectivity index (χ1n) is 6.79. The highest BCUT2D eigenvalue weighted by molar-refractivity contribution is 5.60. The van der Waals surface area contributed by atoms with E-state index in [9.17, 15) is 0 Å². The Morgan fingerprint density at radius 2 is 2.12 bits per heavy atom. The van der Waals surface area contributed by atoms with Gasteiger partial charge >= 0.3 is 0 Å². The van der Waals surface area contributed by atoms with E-state index in [0.717, 1.165) is 6.54 Å². The molecule has 17 heavy (non-hydrogen) atoms. The van der Waals surface area contributed by atoms with Crippen molar-refractivity contribution in [1.82, 2.24) is 4.90 Å². The molecule has 2 aliphatic heterocycles. The van der Waals surface area contributed by atoms with Gasteiger partial charge in [0.15, 0.2) is 0 Å². The van der Waals surface area contributed by atoms with Crippen LogP contribution in [0.4, 0.5) is 5.69 Å². The van der Waals surface area contributed by atoms with E-state index < -0.39 is 0 Å². The Hall–Kier alpha value is -1.02. The fourth-order valence-corrected chi connectivity index (χ4v) is 3.43. The minimum atomic E-state index is 0.374. The van der Waals surface area contributed by atoms with Gasteiger partial charge in [0.2, 0.25) is 0 Å². The van der Waals surface area contributed by atoms with Crippen molar-refractivity contribution < 1.29 is 0 Å². The quantitative estimate of drug-likeness (QED) is 0.798. The molecule has 0 amide bonds. The van der Waals surface area contributed by atoms with Crippen molar-refractivity contribution in [2.45, 2.75) is 38.1 Å². The number of piperidine rings is 1. The largest absolute Gasteiger partial charge is 0.384 e. The minimum Gasteiger partial charge on any atom is -0.384 e. The van der Waals surface area contributed by atoms with Gasteiger partial charge in [-0.15, -0.1) is 0 Å². The van der Waals surface area contributed by atoms with Crippen molar-refractivity contribution in [2.24, 2.45) is 0 Å². The summed E-state index contributed by atoms with van der Waals surface area (Å²) in [6.07, 6.45) is 2.66. The number of fused-ring (bicyclic) bond motifs is 2. The van der Waals surface area contributed by atoms with Crippen LogP contribution in [0.3, 0.4) is 0 Å². The second-order valence-corrected chi connectivity index (χ2v) is 5.85. The first kappa shape index (κ1) is 11.1. The number of likely N-dealkylation sites (tertiary alicyclic amines) is 1. The molecule has 1 aromatic carbocycles. The molecule has 1 spiro atoms. The van der Waals surface area contributed by atoms with Crippen LogP contribution in [0.5, 0.6) is 0 Å². The van der Waals surface area contributed by atoms with Crippen LogP contribution in [0.15, 0.2) is 24.3 Å².